The summed E-state index contributed by atoms with van der Waals surface area (Å²) in [5, 5.41) is 2.23. The first-order valence-corrected chi connectivity index (χ1v) is 20.1. The molecule has 0 unspecified atom stereocenters. The van der Waals surface area contributed by atoms with E-state index in [4.69, 9.17) is 9.72 Å². The average Bonchev–Trinajstić information content (AvgIpc) is 3.80. The Bertz CT molecular complexity index is 2960. The molecule has 0 spiro atoms. The number of ether oxygens (including phenoxy) is 1. The molecule has 1 aliphatic rings. The predicted octanol–water partition coefficient (Wildman–Crippen LogP) is 14.2. The van der Waals surface area contributed by atoms with Crippen LogP contribution in [0.25, 0.3) is 49.9 Å². The second kappa shape index (κ2) is 15.6. The van der Waals surface area contributed by atoms with E-state index < -0.39 is 0 Å². The van der Waals surface area contributed by atoms with Crippen molar-refractivity contribution in [3.63, 3.8) is 0 Å². The second-order valence-electron chi connectivity index (χ2n) is 16.3. The Morgan fingerprint density at radius 3 is 1.88 bits per heavy atom. The topological polar surface area (TPSA) is 33.5 Å². The number of aryl methyl sites for hydroxylation is 2. The van der Waals surface area contributed by atoms with E-state index in [9.17, 15) is 0 Å². The molecule has 60 heavy (non-hydrogen) atoms. The Balaban J connectivity index is 0.00000462. The van der Waals surface area contributed by atoms with Crippen LogP contribution >= 0.6 is 0 Å². The first kappa shape index (κ1) is 39.1. The van der Waals surface area contributed by atoms with Crippen LogP contribution < -0.4 is 14.5 Å². The zero-order valence-corrected chi connectivity index (χ0v) is 36.5. The van der Waals surface area contributed by atoms with Crippen molar-refractivity contribution in [1.29, 1.82) is 0 Å². The van der Waals surface area contributed by atoms with Crippen LogP contribution in [-0.4, -0.2) is 9.55 Å². The quantitative estimate of drug-likeness (QED) is 0.149. The summed E-state index contributed by atoms with van der Waals surface area (Å²) >= 11 is 0. The number of benzene rings is 7. The molecule has 7 aromatic carbocycles. The molecular formula is C54H43N4OPt-3. The molecule has 0 amide bonds. The standard InChI is InChI=1S/C54H43N4O.Pt/c1-36-31-37(2)52(39-19-10-7-11-20-39)53(51(36)38-17-8-6-9-18-38)57-35-56(47-25-14-15-26-48(47)57)41-21-16-22-42(33-41)59-43-27-28-45-44-23-12-13-24-46(44)58(49(45)34-43)50-32-40(29-30-55-50)54(3,4)5;/h6-32,35H,1-5H3;/q-3;. The number of pyridine rings is 1. The number of aromatic nitrogens is 2. The summed E-state index contributed by atoms with van der Waals surface area (Å²) in [6.07, 6.45) is 1.90. The Kier molecular flexibility index (Phi) is 10.2. The van der Waals surface area contributed by atoms with E-state index in [1.165, 1.54) is 38.9 Å². The van der Waals surface area contributed by atoms with Crippen molar-refractivity contribution in [2.45, 2.75) is 40.0 Å². The molecule has 0 radical (unpaired) electrons. The van der Waals surface area contributed by atoms with E-state index >= 15 is 0 Å². The summed E-state index contributed by atoms with van der Waals surface area (Å²) in [4.78, 5) is 9.41. The molecule has 0 aliphatic carbocycles. The molecule has 10 rings (SSSR count). The van der Waals surface area contributed by atoms with Crippen LogP contribution in [-0.2, 0) is 26.5 Å². The van der Waals surface area contributed by atoms with Crippen molar-refractivity contribution in [3.05, 3.63) is 199 Å². The molecule has 6 heteroatoms. The van der Waals surface area contributed by atoms with E-state index in [0.717, 1.165) is 50.4 Å². The van der Waals surface area contributed by atoms with Crippen LogP contribution in [0.3, 0.4) is 0 Å². The van der Waals surface area contributed by atoms with E-state index in [-0.39, 0.29) is 26.5 Å². The molecule has 0 saturated carbocycles. The van der Waals surface area contributed by atoms with Gasteiger partial charge in [-0.05, 0) is 82.8 Å². The molecule has 1 aliphatic heterocycles. The molecule has 2 aromatic heterocycles. The van der Waals surface area contributed by atoms with Gasteiger partial charge in [0.1, 0.15) is 5.82 Å². The van der Waals surface area contributed by atoms with Crippen LogP contribution in [0.5, 0.6) is 11.5 Å². The number of para-hydroxylation sites is 3. The van der Waals surface area contributed by atoms with Crippen molar-refractivity contribution in [2.75, 3.05) is 9.80 Å². The third-order valence-electron chi connectivity index (χ3n) is 11.3. The minimum atomic E-state index is -0.0209. The van der Waals surface area contributed by atoms with Gasteiger partial charge in [-0.25, -0.2) is 4.98 Å². The minimum absolute atomic E-state index is 0. The first-order chi connectivity index (χ1) is 28.7. The van der Waals surface area contributed by atoms with E-state index in [2.05, 4.69) is 207 Å². The van der Waals surface area contributed by atoms with Gasteiger partial charge in [0, 0.05) is 72.5 Å². The predicted molar refractivity (Wildman–Crippen MR) is 243 cm³/mol. The van der Waals surface area contributed by atoms with Crippen LogP contribution in [0.15, 0.2) is 164 Å². The Hall–Kier alpha value is -6.42. The molecule has 0 atom stereocenters. The van der Waals surface area contributed by atoms with Crippen molar-refractivity contribution in [3.8, 4) is 39.6 Å². The summed E-state index contributed by atoms with van der Waals surface area (Å²) in [5.74, 6) is 2.05. The van der Waals surface area contributed by atoms with Gasteiger partial charge in [-0.2, -0.15) is 12.1 Å². The fraction of sp³-hybridized carbons (Fsp3) is 0.111. The summed E-state index contributed by atoms with van der Waals surface area (Å²) in [7, 11) is 0. The smallest absolute Gasteiger partial charge is 0.135 e. The summed E-state index contributed by atoms with van der Waals surface area (Å²) < 4.78 is 8.83. The number of anilines is 4. The SMILES string of the molecule is Cc1cc(C)c(-c2ccccc2)c(N2[CH-]N(c3[c-]c(Oc4[c-]c5c(cc4)c4ccccc4n5-c4cc(C(C)(C)C)ccn4)ccc3)c3ccccc32)c1-c1ccccc1.[Pt]. The maximum Gasteiger partial charge on any atom is 0.135 e. The number of fused-ring (bicyclic) bond motifs is 4. The van der Waals surface area contributed by atoms with Gasteiger partial charge in [-0.1, -0.05) is 123 Å². The second-order valence-corrected chi connectivity index (χ2v) is 16.3. The van der Waals surface area contributed by atoms with Gasteiger partial charge >= 0.3 is 0 Å². The van der Waals surface area contributed by atoms with Crippen LogP contribution in [0, 0.1) is 32.6 Å². The molecule has 0 bridgehead atoms. The zero-order chi connectivity index (χ0) is 40.3. The Labute approximate surface area is 366 Å². The summed E-state index contributed by atoms with van der Waals surface area (Å²) in [6, 6.07) is 62.5. The fourth-order valence-electron chi connectivity index (χ4n) is 8.56. The van der Waals surface area contributed by atoms with Crippen molar-refractivity contribution < 1.29 is 25.8 Å². The fourth-order valence-corrected chi connectivity index (χ4v) is 8.56. The summed E-state index contributed by atoms with van der Waals surface area (Å²) in [5.41, 5.74) is 14.5. The normalized spacial score (nSPS) is 12.5. The number of nitrogens with zero attached hydrogens (tertiary/aromatic N) is 4. The first-order valence-electron chi connectivity index (χ1n) is 20.1. The van der Waals surface area contributed by atoms with Crippen molar-refractivity contribution >= 4 is 44.6 Å². The number of hydrogen-bond acceptors (Lipinski definition) is 4. The largest absolute Gasteiger partial charge is 0.509 e. The maximum absolute atomic E-state index is 6.64. The van der Waals surface area contributed by atoms with Gasteiger partial charge in [-0.3, -0.25) is 0 Å². The molecule has 0 saturated heterocycles. The Morgan fingerprint density at radius 2 is 1.20 bits per heavy atom. The number of rotatable bonds is 7. The monoisotopic (exact) mass is 958 g/mol. The third-order valence-corrected chi connectivity index (χ3v) is 11.3. The molecule has 0 N–H and O–H groups in total. The molecule has 9 aromatic rings. The van der Waals surface area contributed by atoms with Gasteiger partial charge in [0.15, 0.2) is 0 Å². The van der Waals surface area contributed by atoms with Gasteiger partial charge in [0.2, 0.25) is 0 Å². The Morgan fingerprint density at radius 1 is 0.583 bits per heavy atom. The average molecular weight is 959 g/mol. The van der Waals surface area contributed by atoms with Gasteiger partial charge < -0.3 is 19.1 Å². The molecule has 5 nitrogen and oxygen atoms in total. The van der Waals surface area contributed by atoms with E-state index in [1.54, 1.807) is 0 Å². The molecular weight excluding hydrogens is 916 g/mol. The van der Waals surface area contributed by atoms with Crippen LogP contribution in [0.4, 0.5) is 22.7 Å². The van der Waals surface area contributed by atoms with E-state index in [1.807, 2.05) is 24.4 Å². The molecule has 3 heterocycles. The summed E-state index contributed by atoms with van der Waals surface area (Å²) in [6.45, 7) is 13.3. The van der Waals surface area contributed by atoms with Crippen molar-refractivity contribution in [2.24, 2.45) is 0 Å². The molecule has 298 valence electrons. The van der Waals surface area contributed by atoms with Crippen LogP contribution in [0.1, 0.15) is 37.5 Å². The minimum Gasteiger partial charge on any atom is -0.509 e. The van der Waals surface area contributed by atoms with Gasteiger partial charge in [0.25, 0.3) is 0 Å². The maximum atomic E-state index is 6.64. The van der Waals surface area contributed by atoms with Crippen LogP contribution in [0.2, 0.25) is 0 Å². The van der Waals surface area contributed by atoms with E-state index in [0.29, 0.717) is 11.5 Å². The van der Waals surface area contributed by atoms with Crippen molar-refractivity contribution in [1.82, 2.24) is 9.55 Å². The molecule has 0 fully saturated rings. The third kappa shape index (κ3) is 6.87. The van der Waals surface area contributed by atoms with Gasteiger partial charge in [0.05, 0.1) is 0 Å². The zero-order valence-electron chi connectivity index (χ0n) is 34.2. The number of hydrogen-bond donors (Lipinski definition) is 0. The van der Waals surface area contributed by atoms with Gasteiger partial charge in [-0.15, -0.1) is 48.1 Å².